The van der Waals surface area contributed by atoms with Gasteiger partial charge in [-0.05, 0) is 37.7 Å². The van der Waals surface area contributed by atoms with E-state index in [1.165, 1.54) is 19.3 Å². The normalized spacial score (nSPS) is 22.1. The van der Waals surface area contributed by atoms with Crippen LogP contribution in [0.4, 0.5) is 0 Å². The lowest BCUT2D eigenvalue weighted by Crippen LogP contribution is -2.46. The largest absolute Gasteiger partial charge is 0.378 e. The molecule has 184 valence electrons. The molecule has 1 atom stereocenters. The minimum Gasteiger partial charge on any atom is -0.378 e. The zero-order chi connectivity index (χ0) is 23.9. The van der Waals surface area contributed by atoms with E-state index < -0.39 is 5.92 Å². The van der Waals surface area contributed by atoms with E-state index in [-0.39, 0.29) is 24.1 Å². The zero-order valence-electron chi connectivity index (χ0n) is 20.3. The van der Waals surface area contributed by atoms with Gasteiger partial charge in [-0.25, -0.2) is 0 Å². The molecule has 3 aliphatic rings. The molecule has 1 saturated heterocycles. The Labute approximate surface area is 202 Å². The van der Waals surface area contributed by atoms with Crippen molar-refractivity contribution in [2.75, 3.05) is 32.8 Å². The van der Waals surface area contributed by atoms with Gasteiger partial charge in [0, 0.05) is 37.3 Å². The Morgan fingerprint density at radius 3 is 2.47 bits per heavy atom. The number of carbonyl (C=O) groups excluding carboxylic acids is 3. The molecule has 1 aromatic rings. The molecular weight excluding hydrogens is 430 g/mol. The molecule has 0 spiro atoms. The fourth-order valence-corrected chi connectivity index (χ4v) is 5.30. The minimum atomic E-state index is -0.529. The van der Waals surface area contributed by atoms with Crippen LogP contribution in [0.1, 0.15) is 57.4 Å². The van der Waals surface area contributed by atoms with Crippen LogP contribution in [0.5, 0.6) is 0 Å². The number of morpholine rings is 1. The van der Waals surface area contributed by atoms with E-state index in [0.29, 0.717) is 63.0 Å². The number of hydrogen-bond acceptors (Lipinski definition) is 4. The number of nitrogens with zero attached hydrogens (tertiary/aromatic N) is 2. The summed E-state index contributed by atoms with van der Waals surface area (Å²) in [5.74, 6) is -0.207. The average molecular weight is 468 g/mol. The van der Waals surface area contributed by atoms with Crippen LogP contribution in [0.2, 0.25) is 0 Å². The maximum absolute atomic E-state index is 13.5. The van der Waals surface area contributed by atoms with E-state index in [1.54, 1.807) is 9.80 Å². The van der Waals surface area contributed by atoms with Crippen LogP contribution in [0.15, 0.2) is 41.6 Å². The lowest BCUT2D eigenvalue weighted by molar-refractivity contribution is -0.139. The highest BCUT2D eigenvalue weighted by atomic mass is 16.5. The molecule has 1 saturated carbocycles. The quantitative estimate of drug-likeness (QED) is 0.668. The van der Waals surface area contributed by atoms with Gasteiger partial charge in [-0.3, -0.25) is 14.4 Å². The Balaban J connectivity index is 1.49. The van der Waals surface area contributed by atoms with Crippen molar-refractivity contribution in [3.63, 3.8) is 0 Å². The third-order valence-corrected chi connectivity index (χ3v) is 7.39. The predicted molar refractivity (Wildman–Crippen MR) is 129 cm³/mol. The second kappa shape index (κ2) is 11.6. The van der Waals surface area contributed by atoms with Crippen molar-refractivity contribution in [2.45, 2.75) is 58.4 Å². The van der Waals surface area contributed by atoms with Gasteiger partial charge in [-0.2, -0.15) is 0 Å². The van der Waals surface area contributed by atoms with Crippen LogP contribution in [-0.2, 0) is 25.7 Å². The Bertz CT molecular complexity index is 902. The summed E-state index contributed by atoms with van der Waals surface area (Å²) in [6.45, 7) is 5.08. The van der Waals surface area contributed by atoms with Crippen LogP contribution >= 0.6 is 0 Å². The maximum Gasteiger partial charge on any atom is 0.251 e. The van der Waals surface area contributed by atoms with E-state index in [1.807, 2.05) is 37.3 Å². The Kier molecular flexibility index (Phi) is 8.38. The molecule has 1 aliphatic carbocycles. The number of carbonyl (C=O) groups is 3. The minimum absolute atomic E-state index is 0.0426. The third-order valence-electron chi connectivity index (χ3n) is 7.39. The molecule has 1 N–H and O–H groups in total. The highest BCUT2D eigenvalue weighted by Crippen LogP contribution is 2.32. The highest BCUT2D eigenvalue weighted by molar-refractivity contribution is 5.98. The molecule has 7 heteroatoms. The van der Waals surface area contributed by atoms with E-state index in [9.17, 15) is 14.4 Å². The standard InChI is InChI=1S/C27H37N3O4/c1-20-24(27(33)29-12-14-34-15-13-29)16-23(17-25(31)28-18-21-8-4-2-5-9-21)26(32)30(20)19-22-10-6-3-7-11-22/h3,6-7,10-11,21,23H,2,4-5,8-9,12-19H2,1H3,(H,28,31). The van der Waals surface area contributed by atoms with Gasteiger partial charge in [0.15, 0.2) is 0 Å². The van der Waals surface area contributed by atoms with Crippen LogP contribution < -0.4 is 5.32 Å². The molecule has 2 heterocycles. The smallest absolute Gasteiger partial charge is 0.251 e. The Hall–Kier alpha value is -2.67. The zero-order valence-corrected chi connectivity index (χ0v) is 20.3. The summed E-state index contributed by atoms with van der Waals surface area (Å²) in [5.41, 5.74) is 2.34. The molecule has 4 rings (SSSR count). The first kappa shape index (κ1) is 24.5. The van der Waals surface area contributed by atoms with E-state index >= 15 is 0 Å². The Morgan fingerprint density at radius 1 is 1.06 bits per heavy atom. The van der Waals surface area contributed by atoms with Crippen molar-refractivity contribution >= 4 is 17.7 Å². The van der Waals surface area contributed by atoms with Crippen LogP contribution in [0.3, 0.4) is 0 Å². The van der Waals surface area contributed by atoms with Crippen molar-refractivity contribution in [3.05, 3.63) is 47.2 Å². The molecule has 0 bridgehead atoms. The molecular formula is C27H37N3O4. The SMILES string of the molecule is CC1=C(C(=O)N2CCOCC2)CC(CC(=O)NCC2CCCCC2)C(=O)N1Cc1ccccc1. The number of ether oxygens (including phenoxy) is 1. The van der Waals surface area contributed by atoms with Gasteiger partial charge in [0.05, 0.1) is 25.7 Å². The maximum atomic E-state index is 13.5. The predicted octanol–water partition coefficient (Wildman–Crippen LogP) is 3.25. The fourth-order valence-electron chi connectivity index (χ4n) is 5.30. The van der Waals surface area contributed by atoms with E-state index in [4.69, 9.17) is 4.74 Å². The van der Waals surface area contributed by atoms with Gasteiger partial charge in [0.2, 0.25) is 11.8 Å². The Morgan fingerprint density at radius 2 is 1.76 bits per heavy atom. The highest BCUT2D eigenvalue weighted by Gasteiger charge is 2.38. The van der Waals surface area contributed by atoms with Gasteiger partial charge < -0.3 is 19.9 Å². The lowest BCUT2D eigenvalue weighted by atomic mass is 9.87. The second-order valence-corrected chi connectivity index (χ2v) is 9.79. The number of allylic oxidation sites excluding steroid dienone is 1. The summed E-state index contributed by atoms with van der Waals surface area (Å²) in [5, 5.41) is 3.07. The first-order valence-corrected chi connectivity index (χ1v) is 12.7. The van der Waals surface area contributed by atoms with E-state index in [0.717, 1.165) is 18.4 Å². The average Bonchev–Trinajstić information content (AvgIpc) is 2.88. The second-order valence-electron chi connectivity index (χ2n) is 9.79. The molecule has 1 aromatic carbocycles. The van der Waals surface area contributed by atoms with Gasteiger partial charge >= 0.3 is 0 Å². The molecule has 7 nitrogen and oxygen atoms in total. The number of benzene rings is 1. The van der Waals surface area contributed by atoms with Gasteiger partial charge in [0.1, 0.15) is 0 Å². The molecule has 34 heavy (non-hydrogen) atoms. The summed E-state index contributed by atoms with van der Waals surface area (Å²) in [6, 6.07) is 9.78. The van der Waals surface area contributed by atoms with Gasteiger partial charge in [-0.1, -0.05) is 49.6 Å². The molecule has 3 amide bonds. The third kappa shape index (κ3) is 6.06. The van der Waals surface area contributed by atoms with Crippen molar-refractivity contribution in [1.29, 1.82) is 0 Å². The molecule has 0 aromatic heterocycles. The lowest BCUT2D eigenvalue weighted by Gasteiger charge is -2.37. The number of nitrogens with one attached hydrogen (secondary N) is 1. The van der Waals surface area contributed by atoms with Crippen LogP contribution in [0, 0.1) is 11.8 Å². The van der Waals surface area contributed by atoms with Crippen LogP contribution in [-0.4, -0.2) is 60.4 Å². The van der Waals surface area contributed by atoms with Crippen molar-refractivity contribution in [2.24, 2.45) is 11.8 Å². The molecule has 0 radical (unpaired) electrons. The summed E-state index contributed by atoms with van der Waals surface area (Å²) in [6.07, 6.45) is 6.48. The fraction of sp³-hybridized carbons (Fsp3) is 0.593. The number of hydrogen-bond donors (Lipinski definition) is 1. The van der Waals surface area contributed by atoms with Gasteiger partial charge in [-0.15, -0.1) is 0 Å². The summed E-state index contributed by atoms with van der Waals surface area (Å²) < 4.78 is 5.40. The van der Waals surface area contributed by atoms with Crippen molar-refractivity contribution < 1.29 is 19.1 Å². The first-order valence-electron chi connectivity index (χ1n) is 12.7. The topological polar surface area (TPSA) is 79.0 Å². The van der Waals surface area contributed by atoms with Crippen molar-refractivity contribution in [1.82, 2.24) is 15.1 Å². The first-order chi connectivity index (χ1) is 16.5. The molecule has 1 unspecified atom stereocenters. The number of amides is 3. The summed E-state index contributed by atoms with van der Waals surface area (Å²) in [4.78, 5) is 43.2. The van der Waals surface area contributed by atoms with E-state index in [2.05, 4.69) is 5.32 Å². The molecule has 2 fully saturated rings. The summed E-state index contributed by atoms with van der Waals surface area (Å²) in [7, 11) is 0. The van der Waals surface area contributed by atoms with Crippen molar-refractivity contribution in [3.8, 4) is 0 Å². The number of rotatable bonds is 7. The summed E-state index contributed by atoms with van der Waals surface area (Å²) >= 11 is 0. The van der Waals surface area contributed by atoms with Gasteiger partial charge in [0.25, 0.3) is 5.91 Å². The monoisotopic (exact) mass is 467 g/mol. The molecule has 2 aliphatic heterocycles. The van der Waals surface area contributed by atoms with Crippen LogP contribution in [0.25, 0.3) is 0 Å².